The van der Waals surface area contributed by atoms with E-state index in [1.807, 2.05) is 18.2 Å². The van der Waals surface area contributed by atoms with Gasteiger partial charge in [0.05, 0.1) is 13.1 Å². The van der Waals surface area contributed by atoms with Crippen LogP contribution in [0.5, 0.6) is 0 Å². The van der Waals surface area contributed by atoms with E-state index in [0.29, 0.717) is 13.0 Å². The molecule has 0 atom stereocenters. The Hall–Kier alpha value is -2.57. The summed E-state index contributed by atoms with van der Waals surface area (Å²) in [4.78, 5) is 14.2. The molecule has 1 amide bonds. The number of rotatable bonds is 6. The molecule has 2 aromatic carbocycles. The van der Waals surface area contributed by atoms with Gasteiger partial charge in [-0.3, -0.25) is 9.69 Å². The largest absolute Gasteiger partial charge is 0.345 e. The number of benzene rings is 2. The van der Waals surface area contributed by atoms with E-state index in [1.54, 1.807) is 0 Å². The molecule has 0 unspecified atom stereocenters. The van der Waals surface area contributed by atoms with Crippen LogP contribution in [0.2, 0.25) is 0 Å². The molecule has 0 aromatic heterocycles. The van der Waals surface area contributed by atoms with Crippen molar-refractivity contribution < 1.29 is 4.79 Å². The van der Waals surface area contributed by atoms with Crippen LogP contribution in [0, 0.1) is 11.8 Å². The van der Waals surface area contributed by atoms with Crippen molar-refractivity contribution in [1.29, 1.82) is 0 Å². The third-order valence-electron chi connectivity index (χ3n) is 4.72. The van der Waals surface area contributed by atoms with Crippen molar-refractivity contribution in [2.45, 2.75) is 32.2 Å². The van der Waals surface area contributed by atoms with Crippen molar-refractivity contribution in [3.8, 4) is 11.8 Å². The van der Waals surface area contributed by atoms with Gasteiger partial charge in [0.1, 0.15) is 0 Å². The van der Waals surface area contributed by atoms with Gasteiger partial charge in [-0.2, -0.15) is 0 Å². The zero-order chi connectivity index (χ0) is 18.0. The van der Waals surface area contributed by atoms with Gasteiger partial charge in [0, 0.05) is 19.5 Å². The number of carbonyl (C=O) groups is 1. The van der Waals surface area contributed by atoms with Crippen LogP contribution >= 0.6 is 0 Å². The van der Waals surface area contributed by atoms with E-state index < -0.39 is 0 Å². The lowest BCUT2D eigenvalue weighted by molar-refractivity contribution is -0.120. The molecule has 0 aliphatic carbocycles. The second-order valence-electron chi connectivity index (χ2n) is 6.70. The van der Waals surface area contributed by atoms with Crippen LogP contribution in [0.1, 0.15) is 29.5 Å². The molecule has 0 fully saturated rings. The zero-order valence-corrected chi connectivity index (χ0v) is 15.2. The second-order valence-corrected chi connectivity index (χ2v) is 6.70. The van der Waals surface area contributed by atoms with Gasteiger partial charge >= 0.3 is 0 Å². The molecule has 2 aromatic rings. The van der Waals surface area contributed by atoms with E-state index in [1.165, 1.54) is 16.7 Å². The van der Waals surface area contributed by atoms with Gasteiger partial charge < -0.3 is 5.32 Å². The quantitative estimate of drug-likeness (QED) is 0.815. The maximum absolute atomic E-state index is 11.8. The van der Waals surface area contributed by atoms with Crippen LogP contribution in [-0.4, -0.2) is 30.4 Å². The topological polar surface area (TPSA) is 32.3 Å². The number of aryl methyl sites for hydroxylation is 1. The monoisotopic (exact) mass is 346 g/mol. The number of hydrogen-bond donors (Lipinski definition) is 1. The molecule has 1 aliphatic rings. The fraction of sp³-hybridized carbons (Fsp3) is 0.348. The predicted molar refractivity (Wildman–Crippen MR) is 106 cm³/mol. The Morgan fingerprint density at radius 3 is 2.62 bits per heavy atom. The third-order valence-corrected chi connectivity index (χ3v) is 4.72. The summed E-state index contributed by atoms with van der Waals surface area (Å²) in [5.74, 6) is 6.34. The molecule has 1 N–H and O–H groups in total. The summed E-state index contributed by atoms with van der Waals surface area (Å²) in [6, 6.07) is 18.9. The minimum atomic E-state index is 0.0853. The van der Waals surface area contributed by atoms with Crippen LogP contribution < -0.4 is 5.32 Å². The van der Waals surface area contributed by atoms with E-state index in [0.717, 1.165) is 38.9 Å². The van der Waals surface area contributed by atoms with Crippen molar-refractivity contribution in [1.82, 2.24) is 10.2 Å². The first kappa shape index (κ1) is 18.2. The maximum atomic E-state index is 11.8. The number of nitrogens with one attached hydrogen (secondary N) is 1. The summed E-state index contributed by atoms with van der Waals surface area (Å²) in [6.45, 7) is 3.22. The van der Waals surface area contributed by atoms with Crippen LogP contribution in [0.3, 0.4) is 0 Å². The Bertz CT molecular complexity index is 774. The summed E-state index contributed by atoms with van der Waals surface area (Å²) < 4.78 is 0. The van der Waals surface area contributed by atoms with Crippen molar-refractivity contribution in [2.24, 2.45) is 0 Å². The highest BCUT2D eigenvalue weighted by Gasteiger charge is 2.13. The molecule has 3 nitrogen and oxygen atoms in total. The van der Waals surface area contributed by atoms with E-state index in [4.69, 9.17) is 0 Å². The minimum absolute atomic E-state index is 0.0853. The lowest BCUT2D eigenvalue weighted by Gasteiger charge is -2.26. The highest BCUT2D eigenvalue weighted by molar-refractivity contribution is 5.76. The highest BCUT2D eigenvalue weighted by Crippen LogP contribution is 2.17. The van der Waals surface area contributed by atoms with Crippen molar-refractivity contribution >= 4 is 5.91 Å². The summed E-state index contributed by atoms with van der Waals surface area (Å²) in [6.07, 6.45) is 3.46. The SMILES string of the molecule is O=C(CCCc1ccccc1)NCC#CCN1CCc2ccccc2C1. The number of fused-ring (bicyclic) bond motifs is 1. The second kappa shape index (κ2) is 9.79. The first-order valence-electron chi connectivity index (χ1n) is 9.37. The lowest BCUT2D eigenvalue weighted by Crippen LogP contribution is -2.30. The molecule has 134 valence electrons. The average molecular weight is 346 g/mol. The molecule has 0 spiro atoms. The van der Waals surface area contributed by atoms with Gasteiger partial charge in [0.2, 0.25) is 5.91 Å². The summed E-state index contributed by atoms with van der Waals surface area (Å²) in [5, 5.41) is 2.89. The smallest absolute Gasteiger partial charge is 0.220 e. The third kappa shape index (κ3) is 5.75. The van der Waals surface area contributed by atoms with Gasteiger partial charge in [-0.05, 0) is 36.0 Å². The Balaban J connectivity index is 1.30. The number of hydrogen-bond acceptors (Lipinski definition) is 2. The summed E-state index contributed by atoms with van der Waals surface area (Å²) in [7, 11) is 0. The van der Waals surface area contributed by atoms with E-state index in [9.17, 15) is 4.79 Å². The Kier molecular flexibility index (Phi) is 6.87. The molecule has 0 saturated carbocycles. The van der Waals surface area contributed by atoms with Gasteiger partial charge in [-0.1, -0.05) is 66.4 Å². The molecule has 0 radical (unpaired) electrons. The fourth-order valence-electron chi connectivity index (χ4n) is 3.25. The van der Waals surface area contributed by atoms with Crippen molar-refractivity contribution in [2.75, 3.05) is 19.6 Å². The summed E-state index contributed by atoms with van der Waals surface area (Å²) in [5.41, 5.74) is 4.15. The Labute approximate surface area is 156 Å². The first-order chi connectivity index (χ1) is 12.8. The number of amides is 1. The van der Waals surface area contributed by atoms with Crippen LogP contribution in [-0.2, 0) is 24.2 Å². The maximum Gasteiger partial charge on any atom is 0.220 e. The molecule has 1 aliphatic heterocycles. The molecule has 3 heteroatoms. The molecular formula is C23H26N2O. The molecule has 0 saturated heterocycles. The number of carbonyl (C=O) groups excluding carboxylic acids is 1. The van der Waals surface area contributed by atoms with Gasteiger partial charge in [0.15, 0.2) is 0 Å². The lowest BCUT2D eigenvalue weighted by atomic mass is 10.0. The van der Waals surface area contributed by atoms with E-state index >= 15 is 0 Å². The highest BCUT2D eigenvalue weighted by atomic mass is 16.1. The normalized spacial score (nSPS) is 13.4. The molecule has 3 rings (SSSR count). The fourth-order valence-corrected chi connectivity index (χ4v) is 3.25. The Morgan fingerprint density at radius 1 is 1.00 bits per heavy atom. The molecule has 0 bridgehead atoms. The van der Waals surface area contributed by atoms with Crippen molar-refractivity contribution in [3.05, 3.63) is 71.3 Å². The minimum Gasteiger partial charge on any atom is -0.345 e. The van der Waals surface area contributed by atoms with Crippen LogP contribution in [0.4, 0.5) is 0 Å². The standard InChI is InChI=1S/C23H26N2O/c26-23(14-8-11-20-9-2-1-3-10-20)24-16-6-7-17-25-18-15-21-12-4-5-13-22(21)19-25/h1-5,9-10,12-13H,8,11,14-19H2,(H,24,26). The van der Waals surface area contributed by atoms with E-state index in [2.05, 4.69) is 58.5 Å². The van der Waals surface area contributed by atoms with E-state index in [-0.39, 0.29) is 5.91 Å². The van der Waals surface area contributed by atoms with Gasteiger partial charge in [0.25, 0.3) is 0 Å². The van der Waals surface area contributed by atoms with Gasteiger partial charge in [-0.25, -0.2) is 0 Å². The van der Waals surface area contributed by atoms with Gasteiger partial charge in [-0.15, -0.1) is 0 Å². The van der Waals surface area contributed by atoms with Crippen LogP contribution in [0.25, 0.3) is 0 Å². The average Bonchev–Trinajstić information content (AvgIpc) is 2.68. The van der Waals surface area contributed by atoms with Crippen LogP contribution in [0.15, 0.2) is 54.6 Å². The zero-order valence-electron chi connectivity index (χ0n) is 15.2. The number of nitrogens with zero attached hydrogens (tertiary/aromatic N) is 1. The molecular weight excluding hydrogens is 320 g/mol. The molecule has 26 heavy (non-hydrogen) atoms. The van der Waals surface area contributed by atoms with Crippen molar-refractivity contribution in [3.63, 3.8) is 0 Å². The molecule has 1 heterocycles. The Morgan fingerprint density at radius 2 is 1.77 bits per heavy atom. The first-order valence-corrected chi connectivity index (χ1v) is 9.37. The predicted octanol–water partition coefficient (Wildman–Crippen LogP) is 3.19. The summed E-state index contributed by atoms with van der Waals surface area (Å²) >= 11 is 0.